The highest BCUT2D eigenvalue weighted by Crippen LogP contribution is 2.32. The Kier molecular flexibility index (Phi) is 3.84. The molecule has 0 amide bonds. The highest BCUT2D eigenvalue weighted by Gasteiger charge is 2.10. The standard InChI is InChI=1S/C11H10BrClN2S/c1-7(11-14-5-6-16-11)15-9-4-2-3-8(13)10(9)12/h2-7,15H,1H3. The van der Waals surface area contributed by atoms with E-state index in [1.165, 1.54) is 0 Å². The van der Waals surface area contributed by atoms with E-state index in [0.29, 0.717) is 5.02 Å². The van der Waals surface area contributed by atoms with Gasteiger partial charge in [-0.15, -0.1) is 11.3 Å². The van der Waals surface area contributed by atoms with Crippen LogP contribution in [0.15, 0.2) is 34.2 Å². The maximum absolute atomic E-state index is 6.02. The molecule has 2 aromatic rings. The first-order valence-electron chi connectivity index (χ1n) is 4.78. The maximum Gasteiger partial charge on any atom is 0.115 e. The SMILES string of the molecule is CC(Nc1cccc(Cl)c1Br)c1nccs1. The zero-order chi connectivity index (χ0) is 11.5. The van der Waals surface area contributed by atoms with Crippen LogP contribution in [-0.4, -0.2) is 4.98 Å². The van der Waals surface area contributed by atoms with Gasteiger partial charge in [-0.25, -0.2) is 4.98 Å². The van der Waals surface area contributed by atoms with Crippen LogP contribution in [0.25, 0.3) is 0 Å². The van der Waals surface area contributed by atoms with E-state index >= 15 is 0 Å². The minimum absolute atomic E-state index is 0.176. The molecule has 0 saturated carbocycles. The average molecular weight is 318 g/mol. The number of anilines is 1. The average Bonchev–Trinajstić information content (AvgIpc) is 2.78. The van der Waals surface area contributed by atoms with Gasteiger partial charge in [0.25, 0.3) is 0 Å². The van der Waals surface area contributed by atoms with Gasteiger partial charge in [0.1, 0.15) is 5.01 Å². The Bertz CT molecular complexity index is 473. The van der Waals surface area contributed by atoms with E-state index in [-0.39, 0.29) is 6.04 Å². The molecule has 1 aromatic carbocycles. The second kappa shape index (κ2) is 5.17. The van der Waals surface area contributed by atoms with Crippen LogP contribution in [-0.2, 0) is 0 Å². The van der Waals surface area contributed by atoms with Gasteiger partial charge in [0.15, 0.2) is 0 Å². The molecule has 0 aliphatic heterocycles. The van der Waals surface area contributed by atoms with Crippen LogP contribution in [0.4, 0.5) is 5.69 Å². The fraction of sp³-hybridized carbons (Fsp3) is 0.182. The van der Waals surface area contributed by atoms with Crippen LogP contribution in [0.3, 0.4) is 0 Å². The smallest absolute Gasteiger partial charge is 0.115 e. The van der Waals surface area contributed by atoms with Crippen molar-refractivity contribution in [1.29, 1.82) is 0 Å². The van der Waals surface area contributed by atoms with E-state index in [4.69, 9.17) is 11.6 Å². The molecule has 1 aromatic heterocycles. The summed E-state index contributed by atoms with van der Waals surface area (Å²) in [5.74, 6) is 0. The van der Waals surface area contributed by atoms with Crippen molar-refractivity contribution in [1.82, 2.24) is 4.98 Å². The summed E-state index contributed by atoms with van der Waals surface area (Å²) >= 11 is 11.1. The topological polar surface area (TPSA) is 24.9 Å². The fourth-order valence-electron chi connectivity index (χ4n) is 1.36. The number of rotatable bonds is 3. The summed E-state index contributed by atoms with van der Waals surface area (Å²) in [6, 6.07) is 5.93. The molecular weight excluding hydrogens is 308 g/mol. The van der Waals surface area contributed by atoms with Crippen molar-refractivity contribution < 1.29 is 0 Å². The van der Waals surface area contributed by atoms with Gasteiger partial charge in [0.2, 0.25) is 0 Å². The Morgan fingerprint density at radius 3 is 3.00 bits per heavy atom. The third kappa shape index (κ3) is 2.56. The molecule has 0 spiro atoms. The number of halogens is 2. The number of benzene rings is 1. The molecule has 0 aliphatic rings. The van der Waals surface area contributed by atoms with Crippen LogP contribution >= 0.6 is 38.9 Å². The van der Waals surface area contributed by atoms with Crippen LogP contribution in [0, 0.1) is 0 Å². The van der Waals surface area contributed by atoms with Gasteiger partial charge in [-0.2, -0.15) is 0 Å². The number of aromatic nitrogens is 1. The molecule has 1 N–H and O–H groups in total. The molecule has 0 fully saturated rings. The van der Waals surface area contributed by atoms with Crippen LogP contribution in [0.1, 0.15) is 18.0 Å². The summed E-state index contributed by atoms with van der Waals surface area (Å²) in [4.78, 5) is 4.27. The van der Waals surface area contributed by atoms with E-state index < -0.39 is 0 Å². The molecule has 5 heteroatoms. The van der Waals surface area contributed by atoms with Gasteiger partial charge < -0.3 is 5.32 Å². The summed E-state index contributed by atoms with van der Waals surface area (Å²) in [7, 11) is 0. The lowest BCUT2D eigenvalue weighted by atomic mass is 10.3. The number of thiazole rings is 1. The first-order valence-corrected chi connectivity index (χ1v) is 6.83. The summed E-state index contributed by atoms with van der Waals surface area (Å²) in [5.41, 5.74) is 0.982. The molecule has 0 bridgehead atoms. The van der Waals surface area contributed by atoms with Crippen LogP contribution in [0.2, 0.25) is 5.02 Å². The van der Waals surface area contributed by atoms with Crippen LogP contribution < -0.4 is 5.32 Å². The molecule has 1 unspecified atom stereocenters. The van der Waals surface area contributed by atoms with Gasteiger partial charge in [0.05, 0.1) is 21.2 Å². The zero-order valence-electron chi connectivity index (χ0n) is 8.58. The van der Waals surface area contributed by atoms with E-state index in [1.807, 2.05) is 29.8 Å². The second-order valence-corrected chi connectivity index (χ2v) is 5.46. The number of nitrogens with zero attached hydrogens (tertiary/aromatic N) is 1. The molecular formula is C11H10BrClN2S. The van der Waals surface area contributed by atoms with E-state index in [9.17, 15) is 0 Å². The van der Waals surface area contributed by atoms with Gasteiger partial charge in [0, 0.05) is 11.6 Å². The lowest BCUT2D eigenvalue weighted by Gasteiger charge is -2.14. The van der Waals surface area contributed by atoms with Gasteiger partial charge in [-0.05, 0) is 35.0 Å². The molecule has 0 radical (unpaired) electrons. The van der Waals surface area contributed by atoms with Crippen molar-refractivity contribution in [3.63, 3.8) is 0 Å². The fourth-order valence-corrected chi connectivity index (χ4v) is 2.56. The third-order valence-electron chi connectivity index (χ3n) is 2.15. The van der Waals surface area contributed by atoms with Crippen molar-refractivity contribution in [3.8, 4) is 0 Å². The number of hydrogen-bond acceptors (Lipinski definition) is 3. The van der Waals surface area contributed by atoms with Crippen molar-refractivity contribution in [2.24, 2.45) is 0 Å². The summed E-state index contributed by atoms with van der Waals surface area (Å²) in [5, 5.41) is 7.11. The van der Waals surface area contributed by atoms with Crippen molar-refractivity contribution in [3.05, 3.63) is 44.3 Å². The molecule has 84 valence electrons. The Hall–Kier alpha value is -0.580. The molecule has 1 heterocycles. The molecule has 16 heavy (non-hydrogen) atoms. The normalized spacial score (nSPS) is 12.4. The summed E-state index contributed by atoms with van der Waals surface area (Å²) in [6.07, 6.45) is 1.81. The van der Waals surface area contributed by atoms with E-state index in [1.54, 1.807) is 11.3 Å². The molecule has 2 nitrogen and oxygen atoms in total. The quantitative estimate of drug-likeness (QED) is 0.885. The Balaban J connectivity index is 2.18. The van der Waals surface area contributed by atoms with Crippen molar-refractivity contribution in [2.75, 3.05) is 5.32 Å². The molecule has 1 atom stereocenters. The minimum Gasteiger partial charge on any atom is -0.375 e. The molecule has 2 rings (SSSR count). The van der Waals surface area contributed by atoms with Gasteiger partial charge in [-0.1, -0.05) is 17.7 Å². The highest BCUT2D eigenvalue weighted by molar-refractivity contribution is 9.10. The largest absolute Gasteiger partial charge is 0.375 e. The van der Waals surface area contributed by atoms with Crippen molar-refractivity contribution in [2.45, 2.75) is 13.0 Å². The zero-order valence-corrected chi connectivity index (χ0v) is 11.7. The van der Waals surface area contributed by atoms with Gasteiger partial charge >= 0.3 is 0 Å². The minimum atomic E-state index is 0.176. The van der Waals surface area contributed by atoms with Crippen LogP contribution in [0.5, 0.6) is 0 Å². The Morgan fingerprint density at radius 2 is 2.31 bits per heavy atom. The Labute approximate surface area is 112 Å². The monoisotopic (exact) mass is 316 g/mol. The Morgan fingerprint density at radius 1 is 1.50 bits per heavy atom. The summed E-state index contributed by atoms with van der Waals surface area (Å²) in [6.45, 7) is 2.08. The summed E-state index contributed by atoms with van der Waals surface area (Å²) < 4.78 is 0.889. The first kappa shape index (κ1) is 11.9. The lowest BCUT2D eigenvalue weighted by Crippen LogP contribution is -2.06. The predicted molar refractivity (Wildman–Crippen MR) is 73.3 cm³/mol. The lowest BCUT2D eigenvalue weighted by molar-refractivity contribution is 0.869. The molecule has 0 aliphatic carbocycles. The van der Waals surface area contributed by atoms with E-state index in [0.717, 1.165) is 15.2 Å². The third-order valence-corrected chi connectivity index (χ3v) is 4.50. The number of hydrogen-bond donors (Lipinski definition) is 1. The maximum atomic E-state index is 6.02. The molecule has 0 saturated heterocycles. The second-order valence-electron chi connectivity index (χ2n) is 3.34. The van der Waals surface area contributed by atoms with Crippen molar-refractivity contribution >= 4 is 44.6 Å². The predicted octanol–water partition coefficient (Wildman–Crippen LogP) is 4.73. The van der Waals surface area contributed by atoms with Gasteiger partial charge in [-0.3, -0.25) is 0 Å². The highest BCUT2D eigenvalue weighted by atomic mass is 79.9. The number of nitrogens with one attached hydrogen (secondary N) is 1. The first-order chi connectivity index (χ1) is 7.68. The van der Waals surface area contributed by atoms with E-state index in [2.05, 4.69) is 33.2 Å².